The minimum atomic E-state index is 0.347. The quantitative estimate of drug-likeness (QED) is 0.800. The van der Waals surface area contributed by atoms with Gasteiger partial charge in [-0.3, -0.25) is 0 Å². The maximum atomic E-state index is 6.39. The number of para-hydroxylation sites is 1. The second-order valence-electron chi connectivity index (χ2n) is 6.87. The molecule has 0 bridgehead atoms. The topological polar surface area (TPSA) is 21.3 Å². The summed E-state index contributed by atoms with van der Waals surface area (Å²) in [4.78, 5) is 0. The van der Waals surface area contributed by atoms with Gasteiger partial charge in [0.15, 0.2) is 0 Å². The number of rotatable bonds is 6. The highest BCUT2D eigenvalue weighted by Crippen LogP contribution is 2.33. The monoisotopic (exact) mass is 289 g/mol. The minimum Gasteiger partial charge on any atom is -0.490 e. The fourth-order valence-corrected chi connectivity index (χ4v) is 3.57. The molecule has 1 aromatic rings. The summed E-state index contributed by atoms with van der Waals surface area (Å²) in [6, 6.07) is 8.86. The zero-order valence-corrected chi connectivity index (χ0v) is 14.1. The van der Waals surface area contributed by atoms with Crippen LogP contribution < -0.4 is 10.1 Å². The third-order valence-corrected chi connectivity index (χ3v) is 4.51. The maximum Gasteiger partial charge on any atom is 0.124 e. The Labute approximate surface area is 130 Å². The van der Waals surface area contributed by atoms with E-state index >= 15 is 0 Å². The number of hydrogen-bond acceptors (Lipinski definition) is 2. The van der Waals surface area contributed by atoms with Crippen LogP contribution >= 0.6 is 0 Å². The molecule has 0 heterocycles. The molecule has 1 saturated carbocycles. The fraction of sp³-hybridized carbons (Fsp3) is 0.684. The fourth-order valence-electron chi connectivity index (χ4n) is 3.57. The molecule has 1 fully saturated rings. The van der Waals surface area contributed by atoms with Crippen LogP contribution in [0.15, 0.2) is 24.3 Å². The van der Waals surface area contributed by atoms with Gasteiger partial charge in [-0.15, -0.1) is 0 Å². The van der Waals surface area contributed by atoms with Gasteiger partial charge in [0.05, 0.1) is 6.10 Å². The van der Waals surface area contributed by atoms with Gasteiger partial charge in [0.25, 0.3) is 0 Å². The molecule has 2 heteroatoms. The molecule has 21 heavy (non-hydrogen) atoms. The Balaban J connectivity index is 2.05. The van der Waals surface area contributed by atoms with E-state index in [4.69, 9.17) is 4.74 Å². The van der Waals surface area contributed by atoms with E-state index in [1.54, 1.807) is 0 Å². The summed E-state index contributed by atoms with van der Waals surface area (Å²) in [7, 11) is 0. The number of hydrogen-bond donors (Lipinski definition) is 1. The van der Waals surface area contributed by atoms with Gasteiger partial charge >= 0.3 is 0 Å². The van der Waals surface area contributed by atoms with Crippen molar-refractivity contribution in [2.45, 2.75) is 65.5 Å². The third-order valence-electron chi connectivity index (χ3n) is 4.51. The van der Waals surface area contributed by atoms with Crippen LogP contribution in [0.4, 0.5) is 0 Å². The van der Waals surface area contributed by atoms with E-state index in [0.717, 1.165) is 30.6 Å². The van der Waals surface area contributed by atoms with Crippen molar-refractivity contribution < 1.29 is 4.74 Å². The Bertz CT molecular complexity index is 421. The minimum absolute atomic E-state index is 0.347. The van der Waals surface area contributed by atoms with Crippen LogP contribution in [0.1, 0.15) is 65.0 Å². The van der Waals surface area contributed by atoms with Crippen LogP contribution in [0.25, 0.3) is 0 Å². The summed E-state index contributed by atoms with van der Waals surface area (Å²) in [5.74, 6) is 2.63. The zero-order valence-electron chi connectivity index (χ0n) is 14.1. The molecule has 1 aliphatic rings. The second-order valence-corrected chi connectivity index (χ2v) is 6.87. The van der Waals surface area contributed by atoms with Crippen LogP contribution in [-0.2, 0) is 0 Å². The molecule has 0 aliphatic heterocycles. The highest BCUT2D eigenvalue weighted by molar-refractivity contribution is 5.35. The lowest BCUT2D eigenvalue weighted by atomic mass is 9.82. The Morgan fingerprint density at radius 2 is 1.81 bits per heavy atom. The summed E-state index contributed by atoms with van der Waals surface area (Å²) >= 11 is 0. The SMILES string of the molecule is CCCNC(C)c1ccccc1OC1CC(C)CC(C)C1. The summed E-state index contributed by atoms with van der Waals surface area (Å²) in [6.07, 6.45) is 5.26. The summed E-state index contributed by atoms with van der Waals surface area (Å²) in [5.41, 5.74) is 1.29. The number of ether oxygens (including phenoxy) is 1. The first-order valence-corrected chi connectivity index (χ1v) is 8.59. The highest BCUT2D eigenvalue weighted by atomic mass is 16.5. The van der Waals surface area contributed by atoms with Crippen LogP contribution in [0.3, 0.4) is 0 Å². The number of nitrogens with one attached hydrogen (secondary N) is 1. The van der Waals surface area contributed by atoms with Gasteiger partial charge in [0, 0.05) is 11.6 Å². The smallest absolute Gasteiger partial charge is 0.124 e. The average Bonchev–Trinajstić information content (AvgIpc) is 2.44. The Morgan fingerprint density at radius 1 is 1.14 bits per heavy atom. The van der Waals surface area contributed by atoms with E-state index in [1.165, 1.54) is 24.8 Å². The molecule has 2 nitrogen and oxygen atoms in total. The van der Waals surface area contributed by atoms with E-state index < -0.39 is 0 Å². The molecular weight excluding hydrogens is 258 g/mol. The van der Waals surface area contributed by atoms with Gasteiger partial charge in [0.1, 0.15) is 5.75 Å². The second kappa shape index (κ2) is 7.84. The van der Waals surface area contributed by atoms with Gasteiger partial charge < -0.3 is 10.1 Å². The van der Waals surface area contributed by atoms with E-state index in [9.17, 15) is 0 Å². The molecule has 0 spiro atoms. The zero-order chi connectivity index (χ0) is 15.2. The van der Waals surface area contributed by atoms with Crippen LogP contribution in [0, 0.1) is 11.8 Å². The van der Waals surface area contributed by atoms with Crippen molar-refractivity contribution in [2.24, 2.45) is 11.8 Å². The van der Waals surface area contributed by atoms with Crippen molar-refractivity contribution in [3.05, 3.63) is 29.8 Å². The molecule has 3 atom stereocenters. The Kier molecular flexibility index (Phi) is 6.10. The van der Waals surface area contributed by atoms with Crippen molar-refractivity contribution in [2.75, 3.05) is 6.54 Å². The predicted molar refractivity (Wildman–Crippen MR) is 89.7 cm³/mol. The van der Waals surface area contributed by atoms with Crippen molar-refractivity contribution in [3.8, 4) is 5.75 Å². The van der Waals surface area contributed by atoms with Gasteiger partial charge in [0.2, 0.25) is 0 Å². The van der Waals surface area contributed by atoms with E-state index in [-0.39, 0.29) is 0 Å². The van der Waals surface area contributed by atoms with Crippen LogP contribution in [0.2, 0.25) is 0 Å². The average molecular weight is 289 g/mol. The summed E-state index contributed by atoms with van der Waals surface area (Å²) < 4.78 is 6.39. The van der Waals surface area contributed by atoms with E-state index in [2.05, 4.69) is 57.3 Å². The van der Waals surface area contributed by atoms with Gasteiger partial charge in [-0.25, -0.2) is 0 Å². The molecule has 1 N–H and O–H groups in total. The largest absolute Gasteiger partial charge is 0.490 e. The maximum absolute atomic E-state index is 6.39. The molecular formula is C19H31NO. The van der Waals surface area contributed by atoms with E-state index in [1.807, 2.05) is 0 Å². The summed E-state index contributed by atoms with van der Waals surface area (Å²) in [6.45, 7) is 10.2. The van der Waals surface area contributed by atoms with Gasteiger partial charge in [-0.2, -0.15) is 0 Å². The molecule has 1 aromatic carbocycles. The third kappa shape index (κ3) is 4.74. The van der Waals surface area contributed by atoms with Crippen LogP contribution in [-0.4, -0.2) is 12.6 Å². The molecule has 3 unspecified atom stereocenters. The molecule has 0 saturated heterocycles. The lowest BCUT2D eigenvalue weighted by Gasteiger charge is -2.32. The standard InChI is InChI=1S/C19H31NO/c1-5-10-20-16(4)18-8-6-7-9-19(18)21-17-12-14(2)11-15(3)13-17/h6-9,14-17,20H,5,10-13H2,1-4H3. The molecule has 118 valence electrons. The normalized spacial score (nSPS) is 27.3. The van der Waals surface area contributed by atoms with E-state index in [0.29, 0.717) is 12.1 Å². The first-order valence-electron chi connectivity index (χ1n) is 8.59. The van der Waals surface area contributed by atoms with Crippen molar-refractivity contribution >= 4 is 0 Å². The van der Waals surface area contributed by atoms with Gasteiger partial charge in [-0.1, -0.05) is 39.0 Å². The lowest BCUT2D eigenvalue weighted by Crippen LogP contribution is -2.29. The molecule has 2 rings (SSSR count). The molecule has 0 radical (unpaired) electrons. The highest BCUT2D eigenvalue weighted by Gasteiger charge is 2.26. The Hall–Kier alpha value is -1.02. The van der Waals surface area contributed by atoms with Crippen molar-refractivity contribution in [3.63, 3.8) is 0 Å². The Morgan fingerprint density at radius 3 is 2.48 bits per heavy atom. The molecule has 0 amide bonds. The lowest BCUT2D eigenvalue weighted by molar-refractivity contribution is 0.0996. The van der Waals surface area contributed by atoms with Crippen LogP contribution in [0.5, 0.6) is 5.75 Å². The number of benzene rings is 1. The van der Waals surface area contributed by atoms with Gasteiger partial charge in [-0.05, 0) is 57.1 Å². The van der Waals surface area contributed by atoms with Crippen molar-refractivity contribution in [1.82, 2.24) is 5.32 Å². The first-order chi connectivity index (χ1) is 10.1. The molecule has 0 aromatic heterocycles. The molecule has 1 aliphatic carbocycles. The predicted octanol–water partition coefficient (Wildman–Crippen LogP) is 4.95. The van der Waals surface area contributed by atoms with Crippen molar-refractivity contribution in [1.29, 1.82) is 0 Å². The summed E-state index contributed by atoms with van der Waals surface area (Å²) in [5, 5.41) is 3.56. The first kappa shape index (κ1) is 16.4.